The van der Waals surface area contributed by atoms with Gasteiger partial charge in [0.05, 0.1) is 0 Å². The number of thiocarbonyl (C=S) groups is 1. The predicted octanol–water partition coefficient (Wildman–Crippen LogP) is 4.67. The Labute approximate surface area is 158 Å². The Morgan fingerprint density at radius 2 is 1.72 bits per heavy atom. The molecule has 0 radical (unpaired) electrons. The molecule has 0 bridgehead atoms. The van der Waals surface area contributed by atoms with Crippen molar-refractivity contribution in [3.63, 3.8) is 0 Å². The summed E-state index contributed by atoms with van der Waals surface area (Å²) in [6.45, 7) is 6.67. The summed E-state index contributed by atoms with van der Waals surface area (Å²) in [5, 5.41) is 4.27. The molecule has 1 aromatic carbocycles. The molecule has 1 N–H and O–H groups in total. The van der Waals surface area contributed by atoms with Gasteiger partial charge in [-0.2, -0.15) is 0 Å². The molecule has 2 atom stereocenters. The normalized spacial score (nSPS) is 25.2. The van der Waals surface area contributed by atoms with E-state index >= 15 is 0 Å². The van der Waals surface area contributed by atoms with Crippen LogP contribution < -0.4 is 5.32 Å². The highest BCUT2D eigenvalue weighted by Gasteiger charge is 2.31. The van der Waals surface area contributed by atoms with Gasteiger partial charge in [-0.05, 0) is 69.9 Å². The van der Waals surface area contributed by atoms with Gasteiger partial charge in [0.2, 0.25) is 0 Å². The molecule has 138 valence electrons. The molecule has 1 aromatic rings. The van der Waals surface area contributed by atoms with E-state index in [0.717, 1.165) is 35.8 Å². The summed E-state index contributed by atoms with van der Waals surface area (Å²) in [6.07, 6.45) is 8.04. The zero-order valence-corrected chi connectivity index (χ0v) is 16.8. The molecule has 1 aliphatic carbocycles. The molecule has 3 rings (SSSR count). The molecule has 1 saturated carbocycles. The first-order chi connectivity index (χ1) is 12.0. The number of aryl methyl sites for hydroxylation is 1. The van der Waals surface area contributed by atoms with Crippen LogP contribution >= 0.6 is 12.2 Å². The molecular formula is C21H33N3S. The maximum Gasteiger partial charge on any atom is 0.173 e. The highest BCUT2D eigenvalue weighted by atomic mass is 32.1. The van der Waals surface area contributed by atoms with E-state index in [1.807, 2.05) is 0 Å². The average Bonchev–Trinajstić information content (AvgIpc) is 2.63. The van der Waals surface area contributed by atoms with Crippen LogP contribution in [0.25, 0.3) is 0 Å². The quantitative estimate of drug-likeness (QED) is 0.790. The summed E-state index contributed by atoms with van der Waals surface area (Å²) in [6, 6.07) is 9.95. The third kappa shape index (κ3) is 4.73. The van der Waals surface area contributed by atoms with Crippen LogP contribution in [0, 0.1) is 12.8 Å². The fourth-order valence-corrected chi connectivity index (χ4v) is 4.79. The topological polar surface area (TPSA) is 18.5 Å². The Kier molecular flexibility index (Phi) is 6.34. The molecule has 0 amide bonds. The summed E-state index contributed by atoms with van der Waals surface area (Å²) >= 11 is 5.64. The van der Waals surface area contributed by atoms with Crippen molar-refractivity contribution in [2.45, 2.75) is 64.5 Å². The van der Waals surface area contributed by atoms with Crippen LogP contribution in [-0.2, 0) is 0 Å². The van der Waals surface area contributed by atoms with Gasteiger partial charge in [0.15, 0.2) is 5.11 Å². The summed E-state index contributed by atoms with van der Waals surface area (Å²) in [4.78, 5) is 5.03. The molecule has 1 heterocycles. The first-order valence-corrected chi connectivity index (χ1v) is 10.3. The highest BCUT2D eigenvalue weighted by molar-refractivity contribution is 7.80. The molecule has 2 fully saturated rings. The molecule has 0 unspecified atom stereocenters. The monoisotopic (exact) mass is 359 g/mol. The maximum absolute atomic E-state index is 5.64. The van der Waals surface area contributed by atoms with Crippen molar-refractivity contribution < 1.29 is 0 Å². The van der Waals surface area contributed by atoms with Gasteiger partial charge in [0.1, 0.15) is 0 Å². The second-order valence-electron chi connectivity index (χ2n) is 8.01. The van der Waals surface area contributed by atoms with Gasteiger partial charge >= 0.3 is 0 Å². The van der Waals surface area contributed by atoms with Gasteiger partial charge in [0, 0.05) is 30.9 Å². The van der Waals surface area contributed by atoms with Crippen LogP contribution in [-0.4, -0.2) is 47.1 Å². The largest absolute Gasteiger partial charge is 0.349 e. The smallest absolute Gasteiger partial charge is 0.173 e. The van der Waals surface area contributed by atoms with Gasteiger partial charge in [-0.15, -0.1) is 0 Å². The number of hydrogen-bond donors (Lipinski definition) is 1. The molecule has 2 aliphatic rings. The predicted molar refractivity (Wildman–Crippen MR) is 111 cm³/mol. The van der Waals surface area contributed by atoms with E-state index in [1.165, 1.54) is 44.1 Å². The van der Waals surface area contributed by atoms with E-state index in [-0.39, 0.29) is 0 Å². The van der Waals surface area contributed by atoms with Crippen LogP contribution in [0.1, 0.15) is 51.0 Å². The Hall–Kier alpha value is -1.13. The Bertz CT molecular complexity index is 563. The minimum absolute atomic E-state index is 0.712. The molecule has 3 nitrogen and oxygen atoms in total. The lowest BCUT2D eigenvalue weighted by molar-refractivity contribution is 0.0691. The van der Waals surface area contributed by atoms with Crippen molar-refractivity contribution in [2.75, 3.05) is 25.5 Å². The fourth-order valence-electron chi connectivity index (χ4n) is 4.49. The van der Waals surface area contributed by atoms with E-state index in [1.54, 1.807) is 0 Å². The summed E-state index contributed by atoms with van der Waals surface area (Å²) in [7, 11) is 2.36. The van der Waals surface area contributed by atoms with Crippen molar-refractivity contribution in [3.8, 4) is 0 Å². The second kappa shape index (κ2) is 8.50. The lowest BCUT2D eigenvalue weighted by Gasteiger charge is -2.44. The van der Waals surface area contributed by atoms with Crippen LogP contribution in [0.5, 0.6) is 0 Å². The van der Waals surface area contributed by atoms with E-state index in [0.29, 0.717) is 6.04 Å². The van der Waals surface area contributed by atoms with E-state index in [4.69, 9.17) is 12.2 Å². The second-order valence-corrected chi connectivity index (χ2v) is 8.40. The summed E-state index contributed by atoms with van der Waals surface area (Å²) in [5.74, 6) is 0.848. The van der Waals surface area contributed by atoms with Crippen molar-refractivity contribution in [2.24, 2.45) is 5.92 Å². The van der Waals surface area contributed by atoms with Crippen LogP contribution in [0.4, 0.5) is 5.69 Å². The molecule has 1 saturated heterocycles. The Balaban J connectivity index is 1.49. The Morgan fingerprint density at radius 3 is 2.36 bits per heavy atom. The minimum atomic E-state index is 0.712. The number of nitrogens with zero attached hydrogens (tertiary/aromatic N) is 2. The first-order valence-electron chi connectivity index (χ1n) is 9.89. The van der Waals surface area contributed by atoms with Gasteiger partial charge in [-0.1, -0.05) is 37.5 Å². The number of piperidine rings is 1. The maximum atomic E-state index is 5.64. The summed E-state index contributed by atoms with van der Waals surface area (Å²) in [5.41, 5.74) is 2.36. The zero-order valence-electron chi connectivity index (χ0n) is 16.0. The van der Waals surface area contributed by atoms with Crippen molar-refractivity contribution in [3.05, 3.63) is 29.8 Å². The molecule has 0 spiro atoms. The van der Waals surface area contributed by atoms with Gasteiger partial charge in [0.25, 0.3) is 0 Å². The summed E-state index contributed by atoms with van der Waals surface area (Å²) < 4.78 is 0. The van der Waals surface area contributed by atoms with Crippen LogP contribution in [0.3, 0.4) is 0 Å². The van der Waals surface area contributed by atoms with Crippen molar-refractivity contribution in [1.82, 2.24) is 9.80 Å². The molecule has 0 aromatic heterocycles. The fraction of sp³-hybridized carbons (Fsp3) is 0.667. The lowest BCUT2D eigenvalue weighted by Crippen LogP contribution is -2.51. The highest BCUT2D eigenvalue weighted by Crippen LogP contribution is 2.30. The average molecular weight is 360 g/mol. The third-order valence-electron chi connectivity index (χ3n) is 6.22. The molecule has 4 heteroatoms. The number of hydrogen-bond acceptors (Lipinski definition) is 2. The lowest BCUT2D eigenvalue weighted by atomic mass is 9.84. The van der Waals surface area contributed by atoms with Gasteiger partial charge in [-0.25, -0.2) is 0 Å². The number of anilines is 1. The molecule has 1 aliphatic heterocycles. The van der Waals surface area contributed by atoms with Crippen LogP contribution in [0.2, 0.25) is 0 Å². The van der Waals surface area contributed by atoms with E-state index in [9.17, 15) is 0 Å². The van der Waals surface area contributed by atoms with Crippen molar-refractivity contribution in [1.29, 1.82) is 0 Å². The SMILES string of the molecule is Cc1ccc(NC(=S)N2CCC(N(C)[C@H]3CCCC[C@@H]3C)CC2)cc1. The molecular weight excluding hydrogens is 326 g/mol. The first kappa shape index (κ1) is 18.7. The number of rotatable bonds is 3. The van der Waals surface area contributed by atoms with Gasteiger partial charge < -0.3 is 15.1 Å². The van der Waals surface area contributed by atoms with E-state index in [2.05, 4.69) is 60.3 Å². The van der Waals surface area contributed by atoms with Crippen molar-refractivity contribution >= 4 is 23.0 Å². The third-order valence-corrected chi connectivity index (χ3v) is 6.58. The number of nitrogens with one attached hydrogen (secondary N) is 1. The number of likely N-dealkylation sites (tertiary alicyclic amines) is 1. The minimum Gasteiger partial charge on any atom is -0.349 e. The molecule has 25 heavy (non-hydrogen) atoms. The standard InChI is InChI=1S/C21H33N3S/c1-16-8-10-18(11-9-16)22-21(25)24-14-12-19(13-15-24)23(3)20-7-5-4-6-17(20)2/h8-11,17,19-20H,4-7,12-15H2,1-3H3,(H,22,25)/t17-,20-/m0/s1. The van der Waals surface area contributed by atoms with E-state index < -0.39 is 0 Å². The van der Waals surface area contributed by atoms with Crippen LogP contribution in [0.15, 0.2) is 24.3 Å². The zero-order chi connectivity index (χ0) is 17.8. The Morgan fingerprint density at radius 1 is 1.08 bits per heavy atom. The number of benzene rings is 1. The van der Waals surface area contributed by atoms with Gasteiger partial charge in [-0.3, -0.25) is 0 Å².